The first-order valence-corrected chi connectivity index (χ1v) is 6.71. The molecule has 0 saturated heterocycles. The number of hydrogen-bond donors (Lipinski definition) is 2. The Balaban J connectivity index is 0.000000219. The molecule has 0 bridgehead atoms. The van der Waals surface area contributed by atoms with E-state index >= 15 is 0 Å². The number of carbonyl (C=O) groups excluding carboxylic acids is 4. The van der Waals surface area contributed by atoms with Gasteiger partial charge in [-0.3, -0.25) is 24.6 Å². The predicted octanol–water partition coefficient (Wildman–Crippen LogP) is -0.428. The molecule has 2 atom stereocenters. The van der Waals surface area contributed by atoms with Crippen LogP contribution in [0.3, 0.4) is 0 Å². The van der Waals surface area contributed by atoms with E-state index in [2.05, 4.69) is 4.42 Å². The summed E-state index contributed by atoms with van der Waals surface area (Å²) in [6.45, 7) is 0. The summed E-state index contributed by atoms with van der Waals surface area (Å²) in [4.78, 5) is 43.9. The molecule has 0 aromatic carbocycles. The summed E-state index contributed by atoms with van der Waals surface area (Å²) in [7, 11) is 0. The molecule has 120 valence electrons. The normalized spacial score (nSPS) is 23.0. The number of furan rings is 1. The van der Waals surface area contributed by atoms with Crippen LogP contribution in [0.2, 0.25) is 0 Å². The second kappa shape index (κ2) is 7.62. The minimum atomic E-state index is -0.744. The minimum Gasteiger partial charge on any atom is -0.472 e. The summed E-state index contributed by atoms with van der Waals surface area (Å²) in [5.41, 5.74) is 2.40. The van der Waals surface area contributed by atoms with Crippen LogP contribution in [0, 0.1) is 11.8 Å². The lowest BCUT2D eigenvalue weighted by Crippen LogP contribution is -2.29. The Bertz CT molecular complexity index is 540. The Morgan fingerprint density at radius 3 is 2.09 bits per heavy atom. The van der Waals surface area contributed by atoms with E-state index in [1.807, 2.05) is 5.43 Å². The third kappa shape index (κ3) is 3.46. The zero-order chi connectivity index (χ0) is 15.4. The molecule has 0 aliphatic heterocycles. The van der Waals surface area contributed by atoms with E-state index < -0.39 is 17.3 Å². The molecule has 8 nitrogen and oxygen atoms in total. The molecule has 8 heteroatoms. The first-order chi connectivity index (χ1) is 10.1. The Kier molecular flexibility index (Phi) is 6.14. The topological polar surface area (TPSA) is 151 Å². The predicted molar refractivity (Wildman–Crippen MR) is 74.4 cm³/mol. The van der Waals surface area contributed by atoms with Gasteiger partial charge in [-0.05, 0) is 18.9 Å². The minimum absolute atomic E-state index is 0. The molecule has 0 spiro atoms. The quantitative estimate of drug-likeness (QED) is 0.311. The molecule has 1 heterocycles. The average Bonchev–Trinajstić information content (AvgIpc) is 3.13. The molecule has 2 aliphatic rings. The second-order valence-corrected chi connectivity index (χ2v) is 5.04. The first-order valence-electron chi connectivity index (χ1n) is 6.71. The molecule has 1 aromatic rings. The standard InChI is InChI=1S/C9H10O3.C5H6N2O2.H2O/c10-7-5-3-1-2-4-6(5)8(11)9(7)12;6-7-5(8)4-1-2-9-3-4;/h5-6H,1-4H2;1-3H,6H2,(H,7,8);1H2. The highest BCUT2D eigenvalue weighted by atomic mass is 16.3. The number of fused-ring (bicyclic) bond motifs is 1. The summed E-state index contributed by atoms with van der Waals surface area (Å²) in [6, 6.07) is 1.53. The van der Waals surface area contributed by atoms with Crippen LogP contribution in [0.5, 0.6) is 0 Å². The number of ketones is 3. The molecule has 5 N–H and O–H groups in total. The third-order valence-corrected chi connectivity index (χ3v) is 3.80. The van der Waals surface area contributed by atoms with Gasteiger partial charge in [0.1, 0.15) is 6.26 Å². The second-order valence-electron chi connectivity index (χ2n) is 5.04. The van der Waals surface area contributed by atoms with Gasteiger partial charge in [0.2, 0.25) is 11.6 Å². The van der Waals surface area contributed by atoms with Crippen molar-refractivity contribution in [2.24, 2.45) is 17.7 Å². The molecule has 1 amide bonds. The smallest absolute Gasteiger partial charge is 0.268 e. The number of Topliss-reactive ketones (excluding diaryl/α,β-unsaturated/α-hetero) is 3. The first kappa shape index (κ1) is 17.7. The lowest BCUT2D eigenvalue weighted by molar-refractivity contribution is -0.141. The van der Waals surface area contributed by atoms with E-state index in [1.54, 1.807) is 0 Å². The maximum Gasteiger partial charge on any atom is 0.268 e. The Labute approximate surface area is 126 Å². The zero-order valence-electron chi connectivity index (χ0n) is 11.8. The van der Waals surface area contributed by atoms with Crippen LogP contribution in [-0.4, -0.2) is 28.7 Å². The fourth-order valence-electron chi connectivity index (χ4n) is 2.69. The Morgan fingerprint density at radius 2 is 1.68 bits per heavy atom. The Hall–Kier alpha value is -2.32. The van der Waals surface area contributed by atoms with Gasteiger partial charge in [0.25, 0.3) is 11.7 Å². The van der Waals surface area contributed by atoms with E-state index in [0.29, 0.717) is 5.56 Å². The van der Waals surface area contributed by atoms with Crippen molar-refractivity contribution in [2.45, 2.75) is 25.7 Å². The fraction of sp³-hybridized carbons (Fsp3) is 0.429. The van der Waals surface area contributed by atoms with Crippen LogP contribution < -0.4 is 11.3 Å². The molecule has 0 radical (unpaired) electrons. The average molecular weight is 310 g/mol. The molecular weight excluding hydrogens is 292 g/mol. The number of amides is 1. The van der Waals surface area contributed by atoms with Crippen LogP contribution in [0.15, 0.2) is 23.0 Å². The number of nitrogens with two attached hydrogens (primary N) is 1. The van der Waals surface area contributed by atoms with Crippen LogP contribution in [0.4, 0.5) is 0 Å². The highest BCUT2D eigenvalue weighted by molar-refractivity contribution is 6.68. The van der Waals surface area contributed by atoms with Gasteiger partial charge in [-0.15, -0.1) is 0 Å². The van der Waals surface area contributed by atoms with Gasteiger partial charge < -0.3 is 9.89 Å². The highest BCUT2D eigenvalue weighted by Crippen LogP contribution is 2.36. The lowest BCUT2D eigenvalue weighted by atomic mass is 9.81. The number of hydrazine groups is 1. The van der Waals surface area contributed by atoms with Crippen molar-refractivity contribution >= 4 is 23.3 Å². The van der Waals surface area contributed by atoms with Gasteiger partial charge in [-0.25, -0.2) is 5.84 Å². The van der Waals surface area contributed by atoms with E-state index in [4.69, 9.17) is 5.84 Å². The maximum atomic E-state index is 11.2. The lowest BCUT2D eigenvalue weighted by Gasteiger charge is -2.20. The van der Waals surface area contributed by atoms with Crippen molar-refractivity contribution < 1.29 is 29.1 Å². The van der Waals surface area contributed by atoms with Gasteiger partial charge in [0, 0.05) is 11.8 Å². The number of hydrogen-bond acceptors (Lipinski definition) is 6. The molecule has 2 aliphatic carbocycles. The van der Waals surface area contributed by atoms with Crippen molar-refractivity contribution in [3.05, 3.63) is 24.2 Å². The number of nitrogens with one attached hydrogen (secondary N) is 1. The zero-order valence-corrected chi connectivity index (χ0v) is 11.8. The molecule has 3 rings (SSSR count). The molecule has 1 aromatic heterocycles. The monoisotopic (exact) mass is 310 g/mol. The van der Waals surface area contributed by atoms with Gasteiger partial charge >= 0.3 is 0 Å². The van der Waals surface area contributed by atoms with E-state index in [-0.39, 0.29) is 23.2 Å². The van der Waals surface area contributed by atoms with E-state index in [1.165, 1.54) is 18.6 Å². The molecule has 2 unspecified atom stereocenters. The van der Waals surface area contributed by atoms with Crippen molar-refractivity contribution in [3.8, 4) is 0 Å². The number of rotatable bonds is 1. The third-order valence-electron chi connectivity index (χ3n) is 3.80. The summed E-state index contributed by atoms with van der Waals surface area (Å²) in [5.74, 6) is 2.38. The van der Waals surface area contributed by atoms with E-state index in [0.717, 1.165) is 25.7 Å². The number of nitrogen functional groups attached to an aromatic ring is 1. The van der Waals surface area contributed by atoms with Crippen LogP contribution in [-0.2, 0) is 14.4 Å². The van der Waals surface area contributed by atoms with E-state index in [9.17, 15) is 19.2 Å². The van der Waals surface area contributed by atoms with Crippen molar-refractivity contribution in [1.82, 2.24) is 5.43 Å². The summed E-state index contributed by atoms with van der Waals surface area (Å²) in [5, 5.41) is 0. The van der Waals surface area contributed by atoms with Gasteiger partial charge in [-0.1, -0.05) is 12.8 Å². The SMILES string of the molecule is NNC(=O)c1ccoc1.O.O=C1C(=O)C2CCCCC2C1=O. The van der Waals surface area contributed by atoms with Crippen molar-refractivity contribution in [1.29, 1.82) is 0 Å². The van der Waals surface area contributed by atoms with Crippen molar-refractivity contribution in [2.75, 3.05) is 0 Å². The fourth-order valence-corrected chi connectivity index (χ4v) is 2.69. The van der Waals surface area contributed by atoms with Crippen LogP contribution >= 0.6 is 0 Å². The van der Waals surface area contributed by atoms with Gasteiger partial charge in [0.15, 0.2) is 0 Å². The molecule has 2 fully saturated rings. The van der Waals surface area contributed by atoms with Gasteiger partial charge in [0.05, 0.1) is 11.8 Å². The summed E-state index contributed by atoms with van der Waals surface area (Å²) in [6.07, 6.45) is 6.16. The maximum absolute atomic E-state index is 11.2. The molecular formula is C14H18N2O6. The van der Waals surface area contributed by atoms with Crippen LogP contribution in [0.1, 0.15) is 36.0 Å². The summed E-state index contributed by atoms with van der Waals surface area (Å²) >= 11 is 0. The molecule has 2 saturated carbocycles. The highest BCUT2D eigenvalue weighted by Gasteiger charge is 2.48. The van der Waals surface area contributed by atoms with Crippen molar-refractivity contribution in [3.63, 3.8) is 0 Å². The number of carbonyl (C=O) groups is 4. The largest absolute Gasteiger partial charge is 0.472 e. The Morgan fingerprint density at radius 1 is 1.14 bits per heavy atom. The summed E-state index contributed by atoms with van der Waals surface area (Å²) < 4.78 is 4.62. The van der Waals surface area contributed by atoms with Gasteiger partial charge in [-0.2, -0.15) is 0 Å². The molecule has 22 heavy (non-hydrogen) atoms. The van der Waals surface area contributed by atoms with Crippen LogP contribution in [0.25, 0.3) is 0 Å².